The number of allylic oxidation sites excluding steroid dienone is 1. The van der Waals surface area contributed by atoms with Gasteiger partial charge in [-0.15, -0.1) is 0 Å². The minimum Gasteiger partial charge on any atom is -0.462 e. The highest BCUT2D eigenvalue weighted by atomic mass is 16.5. The number of benzene rings is 3. The van der Waals surface area contributed by atoms with Gasteiger partial charge in [0.05, 0.1) is 12.2 Å². The van der Waals surface area contributed by atoms with Crippen molar-refractivity contribution in [3.8, 4) is 0 Å². The lowest BCUT2D eigenvalue weighted by molar-refractivity contribution is 0.0526. The third kappa shape index (κ3) is 4.59. The number of rotatable bonds is 6. The van der Waals surface area contributed by atoms with E-state index in [0.717, 1.165) is 11.1 Å². The van der Waals surface area contributed by atoms with Gasteiger partial charge in [-0.05, 0) is 36.3 Å². The molecule has 0 saturated carbocycles. The molecule has 0 aromatic heterocycles. The summed E-state index contributed by atoms with van der Waals surface area (Å²) in [6, 6.07) is 25.8. The molecule has 3 aromatic carbocycles. The normalized spacial score (nSPS) is 11.1. The molecule has 0 saturated heterocycles. The summed E-state index contributed by atoms with van der Waals surface area (Å²) in [5.41, 5.74) is 3.34. The maximum Gasteiger partial charge on any atom is 0.338 e. The van der Waals surface area contributed by atoms with Crippen molar-refractivity contribution in [2.75, 3.05) is 6.61 Å². The minimum absolute atomic E-state index is 0.0664. The lowest BCUT2D eigenvalue weighted by Gasteiger charge is -2.09. The zero-order valence-electron chi connectivity index (χ0n) is 15.1. The molecule has 0 unspecified atom stereocenters. The smallest absolute Gasteiger partial charge is 0.338 e. The summed E-state index contributed by atoms with van der Waals surface area (Å²) >= 11 is 0. The van der Waals surface area contributed by atoms with Gasteiger partial charge < -0.3 is 4.74 Å². The van der Waals surface area contributed by atoms with Gasteiger partial charge in [0.2, 0.25) is 0 Å². The van der Waals surface area contributed by atoms with E-state index in [1.807, 2.05) is 54.6 Å². The number of ether oxygens (including phenoxy) is 1. The van der Waals surface area contributed by atoms with E-state index in [2.05, 4.69) is 0 Å². The fourth-order valence-corrected chi connectivity index (χ4v) is 2.74. The van der Waals surface area contributed by atoms with E-state index in [9.17, 15) is 9.59 Å². The molecule has 0 heterocycles. The Morgan fingerprint density at radius 1 is 0.741 bits per heavy atom. The largest absolute Gasteiger partial charge is 0.462 e. The van der Waals surface area contributed by atoms with Crippen LogP contribution < -0.4 is 0 Å². The van der Waals surface area contributed by atoms with Crippen LogP contribution in [0.4, 0.5) is 0 Å². The number of ketones is 1. The van der Waals surface area contributed by atoms with Gasteiger partial charge in [0, 0.05) is 11.1 Å². The fraction of sp³-hybridized carbons (Fsp3) is 0.0833. The lowest BCUT2D eigenvalue weighted by Crippen LogP contribution is -2.06. The molecule has 0 atom stereocenters. The highest BCUT2D eigenvalue weighted by molar-refractivity contribution is 6.32. The highest BCUT2D eigenvalue weighted by Gasteiger charge is 2.15. The molecule has 3 nitrogen and oxygen atoms in total. The molecule has 0 amide bonds. The van der Waals surface area contributed by atoms with Gasteiger partial charge in [-0.3, -0.25) is 4.79 Å². The minimum atomic E-state index is -0.368. The molecular weight excluding hydrogens is 336 g/mol. The van der Waals surface area contributed by atoms with Crippen LogP contribution in [-0.2, 0) is 4.74 Å². The highest BCUT2D eigenvalue weighted by Crippen LogP contribution is 2.24. The Balaban J connectivity index is 2.01. The Hall–Kier alpha value is -3.46. The Morgan fingerprint density at radius 3 is 1.89 bits per heavy atom. The fourth-order valence-electron chi connectivity index (χ4n) is 2.74. The maximum atomic E-state index is 13.1. The van der Waals surface area contributed by atoms with Crippen LogP contribution in [-0.4, -0.2) is 18.4 Å². The Kier molecular flexibility index (Phi) is 5.95. The predicted molar refractivity (Wildman–Crippen MR) is 107 cm³/mol. The predicted octanol–water partition coefficient (Wildman–Crippen LogP) is 5.29. The molecule has 0 bridgehead atoms. The lowest BCUT2D eigenvalue weighted by atomic mass is 9.94. The molecule has 0 fully saturated rings. The first-order chi connectivity index (χ1) is 13.2. The molecule has 0 aliphatic heterocycles. The van der Waals surface area contributed by atoms with Crippen LogP contribution in [0.25, 0.3) is 11.6 Å². The first kappa shape index (κ1) is 18.3. The van der Waals surface area contributed by atoms with Crippen molar-refractivity contribution < 1.29 is 14.3 Å². The molecule has 0 spiro atoms. The van der Waals surface area contributed by atoms with Crippen molar-refractivity contribution in [1.82, 2.24) is 0 Å². The Bertz CT molecular complexity index is 940. The zero-order valence-corrected chi connectivity index (χ0v) is 15.1. The van der Waals surface area contributed by atoms with Gasteiger partial charge in [0.1, 0.15) is 0 Å². The van der Waals surface area contributed by atoms with Crippen LogP contribution in [0.2, 0.25) is 0 Å². The molecule has 0 aliphatic carbocycles. The van der Waals surface area contributed by atoms with Gasteiger partial charge in [-0.2, -0.15) is 0 Å². The number of hydrogen-bond donors (Lipinski definition) is 0. The van der Waals surface area contributed by atoms with Crippen molar-refractivity contribution in [1.29, 1.82) is 0 Å². The second-order valence-electron chi connectivity index (χ2n) is 5.96. The molecule has 3 aromatic rings. The Labute approximate surface area is 158 Å². The summed E-state index contributed by atoms with van der Waals surface area (Å²) in [7, 11) is 0. The molecule has 134 valence electrons. The van der Waals surface area contributed by atoms with Crippen molar-refractivity contribution in [2.24, 2.45) is 0 Å². The topological polar surface area (TPSA) is 43.4 Å². The second kappa shape index (κ2) is 8.77. The molecule has 27 heavy (non-hydrogen) atoms. The first-order valence-electron chi connectivity index (χ1n) is 8.83. The third-order valence-corrected chi connectivity index (χ3v) is 4.10. The number of Topliss-reactive ketones (excluding diaryl/α,β-unsaturated/α-hetero) is 1. The van der Waals surface area contributed by atoms with Crippen LogP contribution in [0.15, 0.2) is 84.9 Å². The number of esters is 1. The summed E-state index contributed by atoms with van der Waals surface area (Å²) in [5, 5.41) is 0. The molecule has 3 heteroatoms. The SMILES string of the molecule is CCOC(=O)c1ccc(/C(=C\c2ccccc2)C(=O)c2ccccc2)cc1. The number of carbonyl (C=O) groups excluding carboxylic acids is 2. The van der Waals surface area contributed by atoms with Gasteiger partial charge in [-0.25, -0.2) is 4.79 Å². The van der Waals surface area contributed by atoms with Crippen LogP contribution in [0, 0.1) is 0 Å². The van der Waals surface area contributed by atoms with E-state index in [1.54, 1.807) is 43.3 Å². The third-order valence-electron chi connectivity index (χ3n) is 4.10. The van der Waals surface area contributed by atoms with Crippen molar-refractivity contribution >= 4 is 23.4 Å². The van der Waals surface area contributed by atoms with Crippen molar-refractivity contribution in [3.05, 3.63) is 107 Å². The monoisotopic (exact) mass is 356 g/mol. The van der Waals surface area contributed by atoms with Crippen LogP contribution in [0.5, 0.6) is 0 Å². The van der Waals surface area contributed by atoms with Crippen LogP contribution >= 0.6 is 0 Å². The van der Waals surface area contributed by atoms with E-state index in [1.165, 1.54) is 0 Å². The molecule has 0 radical (unpaired) electrons. The van der Waals surface area contributed by atoms with Gasteiger partial charge in [0.25, 0.3) is 0 Å². The van der Waals surface area contributed by atoms with Gasteiger partial charge >= 0.3 is 5.97 Å². The van der Waals surface area contributed by atoms with E-state index in [-0.39, 0.29) is 11.8 Å². The molecule has 0 aliphatic rings. The van der Waals surface area contributed by atoms with Gasteiger partial charge in [-0.1, -0.05) is 72.8 Å². The van der Waals surface area contributed by atoms with E-state index in [0.29, 0.717) is 23.3 Å². The van der Waals surface area contributed by atoms with E-state index < -0.39 is 0 Å². The Morgan fingerprint density at radius 2 is 1.30 bits per heavy atom. The van der Waals surface area contributed by atoms with E-state index in [4.69, 9.17) is 4.74 Å². The summed E-state index contributed by atoms with van der Waals surface area (Å²) in [6.45, 7) is 2.09. The molecule has 3 rings (SSSR count). The van der Waals surface area contributed by atoms with Gasteiger partial charge in [0.15, 0.2) is 5.78 Å². The van der Waals surface area contributed by atoms with Crippen molar-refractivity contribution in [2.45, 2.75) is 6.92 Å². The first-order valence-corrected chi connectivity index (χ1v) is 8.83. The second-order valence-corrected chi connectivity index (χ2v) is 5.96. The standard InChI is InChI=1S/C24H20O3/c1-2-27-24(26)21-15-13-19(14-16-21)22(17-18-9-5-3-6-10-18)23(25)20-11-7-4-8-12-20/h3-17H,2H2,1H3/b22-17+. The average Bonchev–Trinajstić information content (AvgIpc) is 2.73. The summed E-state index contributed by atoms with van der Waals surface area (Å²) < 4.78 is 5.02. The quantitative estimate of drug-likeness (QED) is 0.261. The zero-order chi connectivity index (χ0) is 19.1. The maximum absolute atomic E-state index is 13.1. The van der Waals surface area contributed by atoms with Crippen LogP contribution in [0.3, 0.4) is 0 Å². The summed E-state index contributed by atoms with van der Waals surface area (Å²) in [4.78, 5) is 25.0. The average molecular weight is 356 g/mol. The summed E-state index contributed by atoms with van der Waals surface area (Å²) in [5.74, 6) is -0.435. The summed E-state index contributed by atoms with van der Waals surface area (Å²) in [6.07, 6.45) is 1.87. The van der Waals surface area contributed by atoms with Crippen LogP contribution in [0.1, 0.15) is 38.8 Å². The van der Waals surface area contributed by atoms with Crippen molar-refractivity contribution in [3.63, 3.8) is 0 Å². The molecule has 0 N–H and O–H groups in total. The number of carbonyl (C=O) groups is 2. The molecular formula is C24H20O3. The van der Waals surface area contributed by atoms with E-state index >= 15 is 0 Å². The number of hydrogen-bond acceptors (Lipinski definition) is 3.